The van der Waals surface area contributed by atoms with Crippen molar-refractivity contribution in [1.29, 1.82) is 0 Å². The first-order valence-corrected chi connectivity index (χ1v) is 14.3. The number of hydrogen-bond acceptors (Lipinski definition) is 6. The van der Waals surface area contributed by atoms with Gasteiger partial charge in [0.05, 0.1) is 35.8 Å². The summed E-state index contributed by atoms with van der Waals surface area (Å²) < 4.78 is 4.71. The average Bonchev–Trinajstić information content (AvgIpc) is 3.39. The Morgan fingerprint density at radius 3 is 2.61 bits per heavy atom. The van der Waals surface area contributed by atoms with Crippen molar-refractivity contribution < 1.29 is 24.2 Å². The molecular weight excluding hydrogens is 508 g/mol. The highest BCUT2D eigenvalue weighted by atomic mass is 79.9. The number of carbonyl (C=O) groups excluding carboxylic acids is 3. The lowest BCUT2D eigenvalue weighted by Gasteiger charge is -2.40. The molecule has 4 rings (SSSR count). The summed E-state index contributed by atoms with van der Waals surface area (Å²) in [6, 6.07) is -1.03. The van der Waals surface area contributed by atoms with Gasteiger partial charge in [-0.2, -0.15) is 0 Å². The third-order valence-electron chi connectivity index (χ3n) is 8.33. The molecule has 9 heteroatoms. The van der Waals surface area contributed by atoms with Gasteiger partial charge in [0, 0.05) is 16.1 Å². The van der Waals surface area contributed by atoms with Crippen LogP contribution in [0.5, 0.6) is 0 Å². The van der Waals surface area contributed by atoms with Crippen molar-refractivity contribution in [2.24, 2.45) is 17.8 Å². The number of hydrogen-bond donors (Lipinski definition) is 2. The van der Waals surface area contributed by atoms with Crippen molar-refractivity contribution in [1.82, 2.24) is 10.2 Å². The van der Waals surface area contributed by atoms with Gasteiger partial charge in [-0.15, -0.1) is 11.8 Å². The van der Waals surface area contributed by atoms with Gasteiger partial charge in [0.2, 0.25) is 11.8 Å². The van der Waals surface area contributed by atoms with Crippen LogP contribution in [-0.2, 0) is 19.1 Å². The number of aliphatic hydroxyl groups is 1. The Bertz CT molecular complexity index is 778. The minimum Gasteiger partial charge on any atom is -0.466 e. The summed E-state index contributed by atoms with van der Waals surface area (Å²) >= 11 is 5.38. The minimum atomic E-state index is -0.697. The number of halogens is 1. The molecule has 2 amide bonds. The van der Waals surface area contributed by atoms with Crippen molar-refractivity contribution >= 4 is 45.5 Å². The highest BCUT2D eigenvalue weighted by Crippen LogP contribution is 2.68. The summed E-state index contributed by atoms with van der Waals surface area (Å²) in [7, 11) is 0. The van der Waals surface area contributed by atoms with Gasteiger partial charge in [0.1, 0.15) is 6.04 Å². The average molecular weight is 546 g/mol. The van der Waals surface area contributed by atoms with E-state index in [0.717, 1.165) is 32.1 Å². The van der Waals surface area contributed by atoms with Crippen LogP contribution in [-0.4, -0.2) is 74.0 Å². The Balaban J connectivity index is 1.74. The van der Waals surface area contributed by atoms with Crippen LogP contribution in [0, 0.1) is 17.8 Å². The number of fused-ring (bicyclic) bond motifs is 1. The molecule has 4 aliphatic rings. The molecule has 0 aromatic carbocycles. The van der Waals surface area contributed by atoms with Crippen LogP contribution in [0.1, 0.15) is 65.7 Å². The summed E-state index contributed by atoms with van der Waals surface area (Å²) in [4.78, 5) is 42.6. The molecule has 3 saturated heterocycles. The van der Waals surface area contributed by atoms with E-state index < -0.39 is 28.7 Å². The van der Waals surface area contributed by atoms with E-state index in [1.165, 1.54) is 6.42 Å². The molecular formula is C24H37BrN2O5S. The molecule has 2 N–H and O–H groups in total. The van der Waals surface area contributed by atoms with Crippen molar-refractivity contribution in [3.8, 4) is 0 Å². The highest BCUT2D eigenvalue weighted by Gasteiger charge is 2.76. The van der Waals surface area contributed by atoms with Crippen molar-refractivity contribution in [2.75, 3.05) is 13.2 Å². The van der Waals surface area contributed by atoms with Crippen LogP contribution in [0.15, 0.2) is 0 Å². The second-order valence-corrected chi connectivity index (χ2v) is 12.9. The van der Waals surface area contributed by atoms with Gasteiger partial charge < -0.3 is 20.1 Å². The fourth-order valence-electron chi connectivity index (χ4n) is 6.57. The number of nitrogens with one attached hydrogen (secondary N) is 1. The SMILES string of the molecule is CCOC(=O)[C@H]1[C@H]2C(=O)N([C@@H](CO)[C@@H](C)CC)C(C(=O)NC3CCCCC3)C23CC(Br)[C@@H]1S3. The molecule has 3 aliphatic heterocycles. The Labute approximate surface area is 209 Å². The summed E-state index contributed by atoms with van der Waals surface area (Å²) in [5.74, 6) is -1.80. The molecule has 0 radical (unpaired) electrons. The smallest absolute Gasteiger partial charge is 0.310 e. The number of likely N-dealkylation sites (tertiary alicyclic amines) is 1. The lowest BCUT2D eigenvalue weighted by Crippen LogP contribution is -2.59. The maximum Gasteiger partial charge on any atom is 0.310 e. The molecule has 0 aromatic heterocycles. The number of carbonyl (C=O) groups is 3. The zero-order chi connectivity index (χ0) is 23.9. The first kappa shape index (κ1) is 25.3. The quantitative estimate of drug-likeness (QED) is 0.360. The van der Waals surface area contributed by atoms with Crippen LogP contribution < -0.4 is 5.32 Å². The topological polar surface area (TPSA) is 95.9 Å². The Hall–Kier alpha value is -0.800. The van der Waals surface area contributed by atoms with Crippen LogP contribution in [0.2, 0.25) is 0 Å². The van der Waals surface area contributed by atoms with Crippen molar-refractivity contribution in [3.05, 3.63) is 0 Å². The first-order valence-electron chi connectivity index (χ1n) is 12.5. The molecule has 8 atom stereocenters. The van der Waals surface area contributed by atoms with E-state index in [0.29, 0.717) is 6.42 Å². The highest BCUT2D eigenvalue weighted by molar-refractivity contribution is 9.09. The van der Waals surface area contributed by atoms with Gasteiger partial charge in [-0.05, 0) is 32.1 Å². The van der Waals surface area contributed by atoms with E-state index in [-0.39, 0.29) is 53.0 Å². The predicted molar refractivity (Wildman–Crippen MR) is 131 cm³/mol. The minimum absolute atomic E-state index is 0.0297. The van der Waals surface area contributed by atoms with E-state index in [1.807, 2.05) is 13.8 Å². The monoisotopic (exact) mass is 544 g/mol. The number of esters is 1. The first-order chi connectivity index (χ1) is 15.8. The van der Waals surface area contributed by atoms with Gasteiger partial charge in [-0.25, -0.2) is 0 Å². The lowest BCUT2D eigenvalue weighted by atomic mass is 9.71. The van der Waals surface area contributed by atoms with Crippen molar-refractivity contribution in [2.45, 2.75) is 98.7 Å². The number of alkyl halides is 1. The standard InChI is InChI=1S/C24H37BrN2O5S/c1-4-13(3)16(12-28)27-20(21(29)26-14-9-7-6-8-10-14)24-11-15(25)19(33-24)17(18(24)22(27)30)23(31)32-5-2/h13-20,28H,4-12H2,1-3H3,(H,26,29)/t13-,15?,16-,17-,18-,19-,20?,24?/m0/s1. The van der Waals surface area contributed by atoms with E-state index in [1.54, 1.807) is 23.6 Å². The van der Waals surface area contributed by atoms with Crippen molar-refractivity contribution in [3.63, 3.8) is 0 Å². The number of ether oxygens (including phenoxy) is 1. The lowest BCUT2D eigenvalue weighted by molar-refractivity contribution is -0.154. The number of nitrogens with zero attached hydrogens (tertiary/aromatic N) is 1. The molecule has 4 fully saturated rings. The zero-order valence-electron chi connectivity index (χ0n) is 19.8. The Morgan fingerprint density at radius 1 is 1.30 bits per heavy atom. The van der Waals surface area contributed by atoms with E-state index in [4.69, 9.17) is 4.74 Å². The van der Waals surface area contributed by atoms with E-state index in [9.17, 15) is 19.5 Å². The maximum absolute atomic E-state index is 14.0. The predicted octanol–water partition coefficient (Wildman–Crippen LogP) is 2.87. The van der Waals surface area contributed by atoms with Crippen LogP contribution in [0.4, 0.5) is 0 Å². The summed E-state index contributed by atoms with van der Waals surface area (Å²) in [5, 5.41) is 13.5. The molecule has 1 saturated carbocycles. The normalized spacial score (nSPS) is 37.7. The Kier molecular flexibility index (Phi) is 7.71. The van der Waals surface area contributed by atoms with Gasteiger partial charge in [0.15, 0.2) is 0 Å². The molecule has 2 bridgehead atoms. The molecule has 33 heavy (non-hydrogen) atoms. The fraction of sp³-hybridized carbons (Fsp3) is 0.875. The Morgan fingerprint density at radius 2 is 2.00 bits per heavy atom. The molecule has 3 heterocycles. The summed E-state index contributed by atoms with van der Waals surface area (Å²) in [6.07, 6.45) is 6.73. The van der Waals surface area contributed by atoms with Gasteiger partial charge in [-0.3, -0.25) is 14.4 Å². The molecule has 186 valence electrons. The molecule has 1 spiro atoms. The zero-order valence-corrected chi connectivity index (χ0v) is 22.2. The van der Waals surface area contributed by atoms with Gasteiger partial charge in [-0.1, -0.05) is 55.5 Å². The number of aliphatic hydroxyl groups excluding tert-OH is 1. The van der Waals surface area contributed by atoms with Crippen LogP contribution in [0.25, 0.3) is 0 Å². The largest absolute Gasteiger partial charge is 0.466 e. The maximum atomic E-state index is 14.0. The number of rotatable bonds is 8. The molecule has 1 aliphatic carbocycles. The number of thioether (sulfide) groups is 1. The fourth-order valence-corrected chi connectivity index (χ4v) is 10.2. The van der Waals surface area contributed by atoms with Gasteiger partial charge >= 0.3 is 5.97 Å². The summed E-state index contributed by atoms with van der Waals surface area (Å²) in [6.45, 7) is 5.87. The van der Waals surface area contributed by atoms with E-state index in [2.05, 4.69) is 21.2 Å². The molecule has 3 unspecified atom stereocenters. The third-order valence-corrected chi connectivity index (χ3v) is 11.6. The second-order valence-electron chi connectivity index (χ2n) is 10.1. The number of amides is 2. The third kappa shape index (κ3) is 4.14. The molecule has 0 aromatic rings. The van der Waals surface area contributed by atoms with E-state index >= 15 is 0 Å². The molecule has 7 nitrogen and oxygen atoms in total. The van der Waals surface area contributed by atoms with Crippen LogP contribution >= 0.6 is 27.7 Å². The van der Waals surface area contributed by atoms with Crippen LogP contribution in [0.3, 0.4) is 0 Å². The summed E-state index contributed by atoms with van der Waals surface area (Å²) in [5.41, 5.74) is 0. The van der Waals surface area contributed by atoms with Gasteiger partial charge in [0.25, 0.3) is 0 Å². The second kappa shape index (κ2) is 10.1.